The largest absolute Gasteiger partial charge is 0.381 e. The standard InChI is InChI=1S/C12H16ClNO3S/c13-11-3-1-9(2-4-11)7-10-8-17-6-5-12(10)18(14,15)16/h1-4,10,12H,5-8H2,(H2,14,15,16)/t10-,12-/m0/s1. The summed E-state index contributed by atoms with van der Waals surface area (Å²) in [5.74, 6) is -0.0880. The predicted octanol–water partition coefficient (Wildman–Crippen LogP) is 1.58. The van der Waals surface area contributed by atoms with Crippen LogP contribution in [0.1, 0.15) is 12.0 Å². The molecule has 0 saturated carbocycles. The fourth-order valence-electron chi connectivity index (χ4n) is 2.32. The van der Waals surface area contributed by atoms with E-state index in [0.717, 1.165) is 5.56 Å². The number of benzene rings is 1. The quantitative estimate of drug-likeness (QED) is 0.918. The van der Waals surface area contributed by atoms with Crippen LogP contribution in [0.25, 0.3) is 0 Å². The number of rotatable bonds is 3. The van der Waals surface area contributed by atoms with Gasteiger partial charge in [0, 0.05) is 17.5 Å². The summed E-state index contributed by atoms with van der Waals surface area (Å²) in [5.41, 5.74) is 1.04. The van der Waals surface area contributed by atoms with Gasteiger partial charge in [0.2, 0.25) is 10.0 Å². The van der Waals surface area contributed by atoms with Crippen molar-refractivity contribution in [1.29, 1.82) is 0 Å². The second-order valence-electron chi connectivity index (χ2n) is 4.58. The van der Waals surface area contributed by atoms with Gasteiger partial charge in [-0.3, -0.25) is 0 Å². The van der Waals surface area contributed by atoms with Gasteiger partial charge in [0.25, 0.3) is 0 Å². The first-order chi connectivity index (χ1) is 8.47. The Hall–Kier alpha value is -0.620. The molecular weight excluding hydrogens is 274 g/mol. The first-order valence-electron chi connectivity index (χ1n) is 5.80. The Morgan fingerprint density at radius 1 is 1.33 bits per heavy atom. The summed E-state index contributed by atoms with van der Waals surface area (Å²) in [4.78, 5) is 0. The van der Waals surface area contributed by atoms with Gasteiger partial charge in [-0.25, -0.2) is 13.6 Å². The third kappa shape index (κ3) is 3.45. The summed E-state index contributed by atoms with van der Waals surface area (Å²) in [7, 11) is -3.51. The number of hydrogen-bond donors (Lipinski definition) is 1. The second kappa shape index (κ2) is 5.57. The minimum absolute atomic E-state index is 0.0880. The van der Waals surface area contributed by atoms with Crippen LogP contribution in [-0.2, 0) is 21.2 Å². The number of ether oxygens (including phenoxy) is 1. The van der Waals surface area contributed by atoms with E-state index in [4.69, 9.17) is 21.5 Å². The summed E-state index contributed by atoms with van der Waals surface area (Å²) in [6.45, 7) is 0.891. The van der Waals surface area contributed by atoms with Crippen LogP contribution in [0.4, 0.5) is 0 Å². The first kappa shape index (κ1) is 13.8. The summed E-state index contributed by atoms with van der Waals surface area (Å²) in [6.07, 6.45) is 1.11. The van der Waals surface area contributed by atoms with Crippen LogP contribution >= 0.6 is 11.6 Å². The molecule has 0 amide bonds. The molecule has 0 unspecified atom stereocenters. The fraction of sp³-hybridized carbons (Fsp3) is 0.500. The van der Waals surface area contributed by atoms with Crippen LogP contribution in [-0.4, -0.2) is 26.9 Å². The van der Waals surface area contributed by atoms with E-state index < -0.39 is 15.3 Å². The average Bonchev–Trinajstić information content (AvgIpc) is 2.31. The number of halogens is 1. The Morgan fingerprint density at radius 3 is 2.61 bits per heavy atom. The highest BCUT2D eigenvalue weighted by atomic mass is 35.5. The minimum Gasteiger partial charge on any atom is -0.381 e. The van der Waals surface area contributed by atoms with Crippen molar-refractivity contribution in [3.8, 4) is 0 Å². The Balaban J connectivity index is 2.13. The fourth-order valence-corrected chi connectivity index (χ4v) is 3.59. The summed E-state index contributed by atoms with van der Waals surface area (Å²) >= 11 is 5.82. The molecule has 2 rings (SSSR count). The molecule has 18 heavy (non-hydrogen) atoms. The first-order valence-corrected chi connectivity index (χ1v) is 7.79. The molecule has 2 N–H and O–H groups in total. The molecule has 1 aliphatic rings. The molecule has 0 aliphatic carbocycles. The van der Waals surface area contributed by atoms with E-state index >= 15 is 0 Å². The molecule has 1 aromatic rings. The van der Waals surface area contributed by atoms with Gasteiger partial charge in [-0.15, -0.1) is 0 Å². The Bertz CT molecular complexity index is 501. The van der Waals surface area contributed by atoms with Gasteiger partial charge >= 0.3 is 0 Å². The number of nitrogens with two attached hydrogens (primary N) is 1. The predicted molar refractivity (Wildman–Crippen MR) is 71.0 cm³/mol. The highest BCUT2D eigenvalue weighted by Crippen LogP contribution is 2.24. The summed E-state index contributed by atoms with van der Waals surface area (Å²) in [6, 6.07) is 7.40. The molecule has 4 nitrogen and oxygen atoms in total. The van der Waals surface area contributed by atoms with E-state index in [-0.39, 0.29) is 5.92 Å². The van der Waals surface area contributed by atoms with Crippen molar-refractivity contribution in [2.75, 3.05) is 13.2 Å². The molecule has 1 aliphatic heterocycles. The zero-order valence-electron chi connectivity index (χ0n) is 9.88. The average molecular weight is 290 g/mol. The Labute approximate surface area is 112 Å². The Kier molecular flexibility index (Phi) is 4.27. The third-order valence-corrected chi connectivity index (χ3v) is 4.95. The smallest absolute Gasteiger partial charge is 0.212 e. The van der Waals surface area contributed by atoms with Gasteiger partial charge in [0.15, 0.2) is 0 Å². The van der Waals surface area contributed by atoms with Crippen LogP contribution in [0.2, 0.25) is 5.02 Å². The topological polar surface area (TPSA) is 69.4 Å². The van der Waals surface area contributed by atoms with Gasteiger partial charge in [-0.2, -0.15) is 0 Å². The number of sulfonamides is 1. The van der Waals surface area contributed by atoms with Crippen molar-refractivity contribution in [2.45, 2.75) is 18.1 Å². The van der Waals surface area contributed by atoms with Crippen molar-refractivity contribution in [3.63, 3.8) is 0 Å². The van der Waals surface area contributed by atoms with Crippen LogP contribution in [0, 0.1) is 5.92 Å². The highest BCUT2D eigenvalue weighted by Gasteiger charge is 2.33. The van der Waals surface area contributed by atoms with E-state index in [1.54, 1.807) is 12.1 Å². The van der Waals surface area contributed by atoms with E-state index in [2.05, 4.69) is 0 Å². The lowest BCUT2D eigenvalue weighted by Gasteiger charge is -2.29. The van der Waals surface area contributed by atoms with Crippen LogP contribution in [0.3, 0.4) is 0 Å². The van der Waals surface area contributed by atoms with Crippen molar-refractivity contribution in [2.24, 2.45) is 11.1 Å². The second-order valence-corrected chi connectivity index (χ2v) is 6.80. The molecule has 0 spiro atoms. The van der Waals surface area contributed by atoms with Gasteiger partial charge in [0.1, 0.15) is 0 Å². The van der Waals surface area contributed by atoms with Crippen molar-refractivity contribution in [3.05, 3.63) is 34.9 Å². The molecule has 0 aromatic heterocycles. The molecule has 1 fully saturated rings. The van der Waals surface area contributed by atoms with Crippen LogP contribution in [0.15, 0.2) is 24.3 Å². The third-order valence-electron chi connectivity index (χ3n) is 3.24. The van der Waals surface area contributed by atoms with E-state index in [0.29, 0.717) is 31.1 Å². The van der Waals surface area contributed by atoms with Crippen molar-refractivity contribution < 1.29 is 13.2 Å². The maximum absolute atomic E-state index is 11.5. The Morgan fingerprint density at radius 2 is 2.00 bits per heavy atom. The molecule has 0 bridgehead atoms. The molecule has 2 atom stereocenters. The van der Waals surface area contributed by atoms with Crippen LogP contribution < -0.4 is 5.14 Å². The maximum Gasteiger partial charge on any atom is 0.212 e. The van der Waals surface area contributed by atoms with Crippen LogP contribution in [0.5, 0.6) is 0 Å². The summed E-state index contributed by atoms with van der Waals surface area (Å²) in [5, 5.41) is 5.43. The molecular formula is C12H16ClNO3S. The lowest BCUT2D eigenvalue weighted by Crippen LogP contribution is -2.42. The zero-order valence-corrected chi connectivity index (χ0v) is 11.5. The van der Waals surface area contributed by atoms with Gasteiger partial charge in [-0.05, 0) is 30.5 Å². The molecule has 6 heteroatoms. The minimum atomic E-state index is -3.51. The molecule has 100 valence electrons. The normalized spacial score (nSPS) is 25.0. The lowest BCUT2D eigenvalue weighted by molar-refractivity contribution is 0.0572. The monoisotopic (exact) mass is 289 g/mol. The van der Waals surface area contributed by atoms with E-state index in [9.17, 15) is 8.42 Å². The number of primary sulfonamides is 1. The van der Waals surface area contributed by atoms with Crippen molar-refractivity contribution in [1.82, 2.24) is 0 Å². The molecule has 1 heterocycles. The highest BCUT2D eigenvalue weighted by molar-refractivity contribution is 7.89. The molecule has 1 saturated heterocycles. The van der Waals surface area contributed by atoms with Crippen molar-refractivity contribution >= 4 is 21.6 Å². The number of hydrogen-bond acceptors (Lipinski definition) is 3. The van der Waals surface area contributed by atoms with Gasteiger partial charge < -0.3 is 4.74 Å². The van der Waals surface area contributed by atoms with Gasteiger partial charge in [-0.1, -0.05) is 23.7 Å². The lowest BCUT2D eigenvalue weighted by atomic mass is 9.94. The molecule has 0 radical (unpaired) electrons. The SMILES string of the molecule is NS(=O)(=O)[C@H]1CCOC[C@@H]1Cc1ccc(Cl)cc1. The zero-order chi connectivity index (χ0) is 13.2. The molecule has 1 aromatic carbocycles. The van der Waals surface area contributed by atoms with Gasteiger partial charge in [0.05, 0.1) is 11.9 Å². The summed E-state index contributed by atoms with van der Waals surface area (Å²) < 4.78 is 28.4. The maximum atomic E-state index is 11.5. The van der Waals surface area contributed by atoms with E-state index in [1.807, 2.05) is 12.1 Å². The van der Waals surface area contributed by atoms with E-state index in [1.165, 1.54) is 0 Å².